The molecule has 0 saturated heterocycles. The van der Waals surface area contributed by atoms with Gasteiger partial charge < -0.3 is 14.6 Å². The summed E-state index contributed by atoms with van der Waals surface area (Å²) in [6, 6.07) is 19.8. The maximum atomic E-state index is 12.9. The first kappa shape index (κ1) is 17.4. The van der Waals surface area contributed by atoms with E-state index >= 15 is 0 Å². The van der Waals surface area contributed by atoms with Crippen LogP contribution in [0.5, 0.6) is 11.6 Å². The van der Waals surface area contributed by atoms with Crippen molar-refractivity contribution in [2.45, 2.75) is 0 Å². The second-order valence-electron chi connectivity index (χ2n) is 5.84. The van der Waals surface area contributed by atoms with Crippen molar-refractivity contribution in [3.8, 4) is 23.0 Å². The van der Waals surface area contributed by atoms with Crippen LogP contribution in [-0.2, 0) is 0 Å². The molecule has 0 saturated carbocycles. The van der Waals surface area contributed by atoms with E-state index in [9.17, 15) is 9.18 Å². The molecule has 2 aromatic carbocycles. The van der Waals surface area contributed by atoms with Crippen LogP contribution >= 0.6 is 0 Å². The minimum atomic E-state index is -0.417. The second-order valence-corrected chi connectivity index (χ2v) is 5.84. The predicted molar refractivity (Wildman–Crippen MR) is 101 cm³/mol. The van der Waals surface area contributed by atoms with Gasteiger partial charge in [0.1, 0.15) is 11.6 Å². The summed E-state index contributed by atoms with van der Waals surface area (Å²) in [5.41, 5.74) is 1.46. The molecule has 0 radical (unpaired) electrons. The molecule has 2 heterocycles. The number of benzene rings is 2. The van der Waals surface area contributed by atoms with Crippen molar-refractivity contribution in [2.75, 3.05) is 5.32 Å². The van der Waals surface area contributed by atoms with E-state index in [1.165, 1.54) is 30.5 Å². The molecule has 0 aliphatic heterocycles. The van der Waals surface area contributed by atoms with Gasteiger partial charge in [0.25, 0.3) is 5.91 Å². The average molecular weight is 375 g/mol. The van der Waals surface area contributed by atoms with Crippen molar-refractivity contribution in [3.63, 3.8) is 0 Å². The Bertz CT molecular complexity index is 1080. The van der Waals surface area contributed by atoms with Gasteiger partial charge in [-0.15, -0.1) is 0 Å². The van der Waals surface area contributed by atoms with Crippen LogP contribution < -0.4 is 10.1 Å². The Labute approximate surface area is 159 Å². The lowest BCUT2D eigenvalue weighted by atomic mass is 10.1. The van der Waals surface area contributed by atoms with Crippen molar-refractivity contribution >= 4 is 11.6 Å². The number of pyridine rings is 1. The van der Waals surface area contributed by atoms with E-state index in [0.29, 0.717) is 23.1 Å². The number of amides is 1. The van der Waals surface area contributed by atoms with Gasteiger partial charge in [0.05, 0.1) is 11.9 Å². The molecule has 7 heteroatoms. The monoisotopic (exact) mass is 375 g/mol. The molecule has 1 amide bonds. The molecule has 2 aromatic heterocycles. The van der Waals surface area contributed by atoms with Crippen LogP contribution in [-0.4, -0.2) is 16.0 Å². The molecule has 4 rings (SSSR count). The number of ether oxygens (including phenoxy) is 1. The standard InChI is InChI=1S/C21H14FN3O3/c22-15-6-9-17(10-7-15)27-20-11-8-16(13-23-20)24-21(26)18-12-19(28-25-18)14-4-2-1-3-5-14/h1-13H,(H,24,26). The number of nitrogens with one attached hydrogen (secondary N) is 1. The summed E-state index contributed by atoms with van der Waals surface area (Å²) in [6.07, 6.45) is 1.45. The molecule has 0 aliphatic carbocycles. The zero-order valence-corrected chi connectivity index (χ0v) is 14.5. The molecule has 0 fully saturated rings. The highest BCUT2D eigenvalue weighted by molar-refractivity contribution is 6.03. The number of rotatable bonds is 5. The van der Waals surface area contributed by atoms with E-state index in [1.807, 2.05) is 30.3 Å². The third-order valence-electron chi connectivity index (χ3n) is 3.83. The van der Waals surface area contributed by atoms with E-state index in [1.54, 1.807) is 18.2 Å². The van der Waals surface area contributed by atoms with Gasteiger partial charge in [-0.1, -0.05) is 35.5 Å². The van der Waals surface area contributed by atoms with Crippen molar-refractivity contribution in [1.82, 2.24) is 10.1 Å². The maximum Gasteiger partial charge on any atom is 0.277 e. The first-order valence-electron chi connectivity index (χ1n) is 8.40. The quantitative estimate of drug-likeness (QED) is 0.536. The van der Waals surface area contributed by atoms with Crippen molar-refractivity contribution < 1.29 is 18.4 Å². The lowest BCUT2D eigenvalue weighted by Crippen LogP contribution is -2.12. The normalized spacial score (nSPS) is 10.5. The molecule has 0 bridgehead atoms. The summed E-state index contributed by atoms with van der Waals surface area (Å²) in [4.78, 5) is 16.5. The smallest absolute Gasteiger partial charge is 0.277 e. The van der Waals surface area contributed by atoms with Gasteiger partial charge in [-0.2, -0.15) is 0 Å². The molecule has 0 aliphatic rings. The topological polar surface area (TPSA) is 77.2 Å². The molecular formula is C21H14FN3O3. The highest BCUT2D eigenvalue weighted by atomic mass is 19.1. The van der Waals surface area contributed by atoms with Crippen LogP contribution in [0, 0.1) is 5.82 Å². The minimum Gasteiger partial charge on any atom is -0.439 e. The van der Waals surface area contributed by atoms with Crippen LogP contribution in [0.25, 0.3) is 11.3 Å². The van der Waals surface area contributed by atoms with Crippen LogP contribution in [0.15, 0.2) is 83.5 Å². The fraction of sp³-hybridized carbons (Fsp3) is 0. The zero-order chi connectivity index (χ0) is 19.3. The van der Waals surface area contributed by atoms with Gasteiger partial charge in [-0.25, -0.2) is 9.37 Å². The average Bonchev–Trinajstić information content (AvgIpc) is 3.22. The Morgan fingerprint density at radius 1 is 1.00 bits per heavy atom. The van der Waals surface area contributed by atoms with Gasteiger partial charge in [0.15, 0.2) is 11.5 Å². The molecule has 138 valence electrons. The number of carbonyl (C=O) groups excluding carboxylic acids is 1. The minimum absolute atomic E-state index is 0.158. The van der Waals surface area contributed by atoms with Gasteiger partial charge in [-0.3, -0.25) is 4.79 Å². The van der Waals surface area contributed by atoms with Crippen LogP contribution in [0.3, 0.4) is 0 Å². The summed E-state index contributed by atoms with van der Waals surface area (Å²) in [5, 5.41) is 6.50. The first-order chi connectivity index (χ1) is 13.7. The molecule has 1 N–H and O–H groups in total. The van der Waals surface area contributed by atoms with E-state index in [-0.39, 0.29) is 11.5 Å². The van der Waals surface area contributed by atoms with Crippen LogP contribution in [0.1, 0.15) is 10.5 Å². The third kappa shape index (κ3) is 4.04. The second kappa shape index (κ2) is 7.71. The Morgan fingerprint density at radius 3 is 2.50 bits per heavy atom. The summed E-state index contributed by atoms with van der Waals surface area (Å²) in [7, 11) is 0. The molecule has 0 atom stereocenters. The molecule has 4 aromatic rings. The summed E-state index contributed by atoms with van der Waals surface area (Å²) < 4.78 is 23.7. The SMILES string of the molecule is O=C(Nc1ccc(Oc2ccc(F)cc2)nc1)c1cc(-c2ccccc2)on1. The lowest BCUT2D eigenvalue weighted by Gasteiger charge is -2.06. The zero-order valence-electron chi connectivity index (χ0n) is 14.5. The number of carbonyl (C=O) groups is 1. The lowest BCUT2D eigenvalue weighted by molar-refractivity contribution is 0.101. The number of hydrogen-bond acceptors (Lipinski definition) is 5. The van der Waals surface area contributed by atoms with Crippen molar-refractivity contribution in [1.29, 1.82) is 0 Å². The molecule has 28 heavy (non-hydrogen) atoms. The summed E-state index contributed by atoms with van der Waals surface area (Å²) >= 11 is 0. The van der Waals surface area contributed by atoms with E-state index in [2.05, 4.69) is 15.5 Å². The third-order valence-corrected chi connectivity index (χ3v) is 3.83. The first-order valence-corrected chi connectivity index (χ1v) is 8.40. The Hall–Kier alpha value is -4.00. The summed E-state index contributed by atoms with van der Waals surface area (Å²) in [5.74, 6) is 0.521. The highest BCUT2D eigenvalue weighted by Gasteiger charge is 2.14. The number of nitrogens with zero attached hydrogens (tertiary/aromatic N) is 2. The number of anilines is 1. The van der Waals surface area contributed by atoms with Gasteiger partial charge >= 0.3 is 0 Å². The fourth-order valence-corrected chi connectivity index (χ4v) is 2.45. The molecule has 6 nitrogen and oxygen atoms in total. The molecule has 0 spiro atoms. The predicted octanol–water partition coefficient (Wildman–Crippen LogP) is 4.92. The van der Waals surface area contributed by atoms with E-state index < -0.39 is 5.91 Å². The van der Waals surface area contributed by atoms with Crippen molar-refractivity contribution in [3.05, 3.63) is 90.5 Å². The molecular weight excluding hydrogens is 361 g/mol. The Balaban J connectivity index is 1.41. The Kier molecular flexibility index (Phi) is 4.79. The maximum absolute atomic E-state index is 12.9. The Morgan fingerprint density at radius 2 is 1.79 bits per heavy atom. The van der Waals surface area contributed by atoms with E-state index in [0.717, 1.165) is 5.56 Å². The van der Waals surface area contributed by atoms with Gasteiger partial charge in [0, 0.05) is 17.7 Å². The van der Waals surface area contributed by atoms with Gasteiger partial charge in [0.2, 0.25) is 5.88 Å². The number of halogens is 1. The number of aromatic nitrogens is 2. The fourth-order valence-electron chi connectivity index (χ4n) is 2.45. The summed E-state index contributed by atoms with van der Waals surface area (Å²) in [6.45, 7) is 0. The van der Waals surface area contributed by atoms with Crippen LogP contribution in [0.4, 0.5) is 10.1 Å². The highest BCUT2D eigenvalue weighted by Crippen LogP contribution is 2.22. The van der Waals surface area contributed by atoms with Crippen LogP contribution in [0.2, 0.25) is 0 Å². The molecule has 0 unspecified atom stereocenters. The largest absolute Gasteiger partial charge is 0.439 e. The van der Waals surface area contributed by atoms with Gasteiger partial charge in [-0.05, 0) is 30.3 Å². The van der Waals surface area contributed by atoms with E-state index in [4.69, 9.17) is 9.26 Å². The number of hydrogen-bond donors (Lipinski definition) is 1. The van der Waals surface area contributed by atoms with Crippen molar-refractivity contribution in [2.24, 2.45) is 0 Å².